The maximum absolute atomic E-state index is 9.19. The molecule has 52 valence electrons. The quantitative estimate of drug-likeness (QED) is 0.382. The molecule has 0 aliphatic carbocycles. The van der Waals surface area contributed by atoms with Crippen LogP contribution >= 0.6 is 0 Å². The van der Waals surface area contributed by atoms with Crippen LogP contribution in [0.1, 0.15) is 0 Å². The van der Waals surface area contributed by atoms with Crippen molar-refractivity contribution in [3.8, 4) is 0 Å². The molecule has 4 heteroatoms. The van der Waals surface area contributed by atoms with Gasteiger partial charge in [-0.05, 0) is 0 Å². The first-order valence-corrected chi connectivity index (χ1v) is 4.91. The fourth-order valence-corrected chi connectivity index (χ4v) is 2.73. The molecule has 0 fully saturated rings. The number of hydrogen-bond donors (Lipinski definition) is 1. The van der Waals surface area contributed by atoms with Gasteiger partial charge in [0.05, 0.1) is 0 Å². The van der Waals surface area contributed by atoms with E-state index in [4.69, 9.17) is 2.98 Å². The molecule has 0 saturated heterocycles. The first-order valence-electron chi connectivity index (χ1n) is 2.95. The summed E-state index contributed by atoms with van der Waals surface area (Å²) >= 11 is -0.368. The van der Waals surface area contributed by atoms with Crippen molar-refractivity contribution in [1.29, 1.82) is 0 Å². The van der Waals surface area contributed by atoms with Gasteiger partial charge in [-0.25, -0.2) is 0 Å². The van der Waals surface area contributed by atoms with E-state index >= 15 is 0 Å². The van der Waals surface area contributed by atoms with Gasteiger partial charge in [-0.1, -0.05) is 0 Å². The Balaban J connectivity index is 2.51. The standard InChI is InChI=1S/C6H5BIO2/c9-7-5-3-1-2-4-6(5)8-10-7/h1-4,9H/q-1. The van der Waals surface area contributed by atoms with Crippen molar-refractivity contribution in [2.45, 2.75) is 0 Å². The Kier molecular flexibility index (Phi) is 1.67. The molecule has 1 aliphatic heterocycles. The molecule has 1 heterocycles. The normalized spacial score (nSPS) is 16.3. The van der Waals surface area contributed by atoms with Crippen molar-refractivity contribution < 1.29 is 29.6 Å². The molecule has 1 aromatic carbocycles. The van der Waals surface area contributed by atoms with E-state index in [1.165, 1.54) is 3.57 Å². The molecule has 0 atom stereocenters. The third-order valence-corrected chi connectivity index (χ3v) is 3.58. The van der Waals surface area contributed by atoms with Crippen molar-refractivity contribution in [2.75, 3.05) is 0 Å². The number of halogens is 1. The summed E-state index contributed by atoms with van der Waals surface area (Å²) in [6, 6.07) is 7.81. The van der Waals surface area contributed by atoms with Crippen LogP contribution in [0, 0.1) is 3.57 Å². The van der Waals surface area contributed by atoms with Crippen molar-refractivity contribution in [3.05, 3.63) is 27.8 Å². The molecule has 1 aromatic rings. The Morgan fingerprint density at radius 2 is 2.20 bits per heavy atom. The van der Waals surface area contributed by atoms with E-state index in [-0.39, 0.29) is 21.6 Å². The number of rotatable bonds is 0. The molecule has 0 radical (unpaired) electrons. The molecule has 1 aliphatic rings. The van der Waals surface area contributed by atoms with Gasteiger partial charge in [-0.15, -0.1) is 0 Å². The molecule has 2 rings (SSSR count). The first kappa shape index (κ1) is 6.63. The zero-order valence-electron chi connectivity index (χ0n) is 5.12. The van der Waals surface area contributed by atoms with Crippen molar-refractivity contribution in [2.24, 2.45) is 0 Å². The van der Waals surface area contributed by atoms with E-state index < -0.39 is 7.12 Å². The predicted molar refractivity (Wildman–Crippen MR) is 33.8 cm³/mol. The van der Waals surface area contributed by atoms with Gasteiger partial charge in [0.2, 0.25) is 0 Å². The summed E-state index contributed by atoms with van der Waals surface area (Å²) in [5, 5.41) is 9.19. The molecule has 1 N–H and O–H groups in total. The van der Waals surface area contributed by atoms with Crippen molar-refractivity contribution >= 4 is 12.6 Å². The minimum atomic E-state index is -0.649. The fraction of sp³-hybridized carbons (Fsp3) is 0. The molecule has 0 unspecified atom stereocenters. The van der Waals surface area contributed by atoms with Gasteiger partial charge in [-0.3, -0.25) is 0 Å². The molecular weight excluding hydrogens is 242 g/mol. The van der Waals surface area contributed by atoms with Gasteiger partial charge in [-0.2, -0.15) is 0 Å². The molecule has 0 amide bonds. The second-order valence-electron chi connectivity index (χ2n) is 2.04. The molecule has 2 nitrogen and oxygen atoms in total. The molecule has 0 bridgehead atoms. The third kappa shape index (κ3) is 0.960. The summed E-state index contributed by atoms with van der Waals surface area (Å²) < 4.78 is 6.29. The third-order valence-electron chi connectivity index (χ3n) is 1.38. The molecule has 10 heavy (non-hydrogen) atoms. The van der Waals surface area contributed by atoms with Crippen LogP contribution in [-0.4, -0.2) is 12.1 Å². The minimum absolute atomic E-state index is 0.368. The van der Waals surface area contributed by atoms with E-state index in [9.17, 15) is 5.02 Å². The van der Waals surface area contributed by atoms with Crippen LogP contribution in [0.2, 0.25) is 0 Å². The summed E-state index contributed by atoms with van der Waals surface area (Å²) in [6.45, 7) is 0. The van der Waals surface area contributed by atoms with Crippen LogP contribution < -0.4 is 27.1 Å². The summed E-state index contributed by atoms with van der Waals surface area (Å²) in [5.41, 5.74) is 0.954. The second-order valence-corrected chi connectivity index (χ2v) is 4.15. The number of benzene rings is 1. The summed E-state index contributed by atoms with van der Waals surface area (Å²) in [6.07, 6.45) is 0. The Bertz CT molecular complexity index is 253. The zero-order valence-corrected chi connectivity index (χ0v) is 7.28. The number of hydrogen-bond acceptors (Lipinski definition) is 2. The van der Waals surface area contributed by atoms with Crippen LogP contribution in [0.15, 0.2) is 24.3 Å². The summed E-state index contributed by atoms with van der Waals surface area (Å²) in [7, 11) is -0.649. The first-order chi connectivity index (χ1) is 4.88. The van der Waals surface area contributed by atoms with Crippen LogP contribution in [0.25, 0.3) is 0 Å². The van der Waals surface area contributed by atoms with Gasteiger partial charge in [0.25, 0.3) is 0 Å². The van der Waals surface area contributed by atoms with Crippen LogP contribution in [0.4, 0.5) is 0 Å². The van der Waals surface area contributed by atoms with Gasteiger partial charge in [0, 0.05) is 0 Å². The summed E-state index contributed by atoms with van der Waals surface area (Å²) in [5.74, 6) is 0. The van der Waals surface area contributed by atoms with Gasteiger partial charge in [0.1, 0.15) is 0 Å². The van der Waals surface area contributed by atoms with Gasteiger partial charge in [0.15, 0.2) is 0 Å². The van der Waals surface area contributed by atoms with E-state index in [1.54, 1.807) is 0 Å². The fourth-order valence-electron chi connectivity index (χ4n) is 0.884. The Morgan fingerprint density at radius 1 is 1.40 bits per heavy atom. The van der Waals surface area contributed by atoms with Crippen molar-refractivity contribution in [1.82, 2.24) is 0 Å². The van der Waals surface area contributed by atoms with Crippen molar-refractivity contribution in [3.63, 3.8) is 0 Å². The Labute approximate surface area is 70.2 Å². The molecule has 0 aromatic heterocycles. The Morgan fingerprint density at radius 3 is 3.00 bits per heavy atom. The zero-order chi connectivity index (χ0) is 6.97. The monoisotopic (exact) mass is 247 g/mol. The SMILES string of the molecule is OB1O[I-]c2ccccc21. The average Bonchev–Trinajstić information content (AvgIpc) is 2.34. The van der Waals surface area contributed by atoms with Crippen LogP contribution in [0.3, 0.4) is 0 Å². The van der Waals surface area contributed by atoms with Crippen LogP contribution in [0.5, 0.6) is 0 Å². The van der Waals surface area contributed by atoms with Gasteiger partial charge >= 0.3 is 70.0 Å². The second kappa shape index (κ2) is 2.52. The maximum atomic E-state index is 9.19. The average molecular weight is 247 g/mol. The molecular formula is C6H5BIO2-. The predicted octanol–water partition coefficient (Wildman–Crippen LogP) is -3.42. The van der Waals surface area contributed by atoms with E-state index in [0.29, 0.717) is 0 Å². The van der Waals surface area contributed by atoms with E-state index in [1.807, 2.05) is 24.3 Å². The Hall–Kier alpha value is -0.0651. The molecule has 0 spiro atoms. The van der Waals surface area contributed by atoms with Gasteiger partial charge < -0.3 is 0 Å². The van der Waals surface area contributed by atoms with E-state index in [0.717, 1.165) is 5.46 Å². The van der Waals surface area contributed by atoms with Crippen LogP contribution in [-0.2, 0) is 2.98 Å². The topological polar surface area (TPSA) is 29.5 Å². The summed E-state index contributed by atoms with van der Waals surface area (Å²) in [4.78, 5) is 0. The number of fused-ring (bicyclic) bond motifs is 1. The van der Waals surface area contributed by atoms with E-state index in [2.05, 4.69) is 0 Å². The molecule has 0 saturated carbocycles.